The molecule has 0 aliphatic heterocycles. The van der Waals surface area contributed by atoms with Crippen molar-refractivity contribution in [3.8, 4) is 0 Å². The lowest BCUT2D eigenvalue weighted by molar-refractivity contribution is 0.0946. The highest BCUT2D eigenvalue weighted by molar-refractivity contribution is 5.94. The van der Waals surface area contributed by atoms with Crippen LogP contribution in [0.15, 0.2) is 18.2 Å². The van der Waals surface area contributed by atoms with Crippen LogP contribution in [0, 0.1) is 19.8 Å². The highest BCUT2D eigenvalue weighted by atomic mass is 16.1. The molecule has 0 atom stereocenters. The van der Waals surface area contributed by atoms with Crippen LogP contribution < -0.4 is 5.32 Å². The SMILES string of the molecule is CCC(CC)CNC(=O)c1ccc(C)c(C)c1. The molecule has 94 valence electrons. The summed E-state index contributed by atoms with van der Waals surface area (Å²) in [5.41, 5.74) is 3.15. The van der Waals surface area contributed by atoms with E-state index in [4.69, 9.17) is 0 Å². The summed E-state index contributed by atoms with van der Waals surface area (Å²) in [4.78, 5) is 11.9. The lowest BCUT2D eigenvalue weighted by Crippen LogP contribution is -2.28. The zero-order valence-electron chi connectivity index (χ0n) is 11.3. The summed E-state index contributed by atoms with van der Waals surface area (Å²) in [7, 11) is 0. The third kappa shape index (κ3) is 3.88. The van der Waals surface area contributed by atoms with Gasteiger partial charge in [-0.25, -0.2) is 0 Å². The van der Waals surface area contributed by atoms with Gasteiger partial charge in [-0.05, 0) is 43.0 Å². The van der Waals surface area contributed by atoms with Gasteiger partial charge in [0.05, 0.1) is 0 Å². The molecule has 1 aromatic carbocycles. The minimum absolute atomic E-state index is 0.0417. The van der Waals surface area contributed by atoms with Gasteiger partial charge in [0.15, 0.2) is 0 Å². The van der Waals surface area contributed by atoms with Crippen LogP contribution in [0.4, 0.5) is 0 Å². The Kier molecular flexibility index (Phi) is 5.20. The van der Waals surface area contributed by atoms with E-state index in [-0.39, 0.29) is 5.91 Å². The van der Waals surface area contributed by atoms with E-state index in [0.717, 1.165) is 24.9 Å². The van der Waals surface area contributed by atoms with Gasteiger partial charge in [0, 0.05) is 12.1 Å². The second-order valence-electron chi connectivity index (χ2n) is 4.69. The molecule has 0 saturated carbocycles. The number of amides is 1. The van der Waals surface area contributed by atoms with Crippen molar-refractivity contribution in [3.05, 3.63) is 34.9 Å². The molecule has 1 N–H and O–H groups in total. The summed E-state index contributed by atoms with van der Waals surface area (Å²) in [5, 5.41) is 3.01. The molecular formula is C15H23NO. The molecule has 0 heterocycles. The Morgan fingerprint density at radius 3 is 2.35 bits per heavy atom. The van der Waals surface area contributed by atoms with Gasteiger partial charge in [0.25, 0.3) is 5.91 Å². The van der Waals surface area contributed by atoms with Crippen LogP contribution in [0.5, 0.6) is 0 Å². The maximum Gasteiger partial charge on any atom is 0.251 e. The fourth-order valence-electron chi connectivity index (χ4n) is 1.80. The molecule has 0 spiro atoms. The number of carbonyl (C=O) groups is 1. The maximum absolute atomic E-state index is 11.9. The monoisotopic (exact) mass is 233 g/mol. The Labute approximate surface area is 104 Å². The van der Waals surface area contributed by atoms with Crippen molar-refractivity contribution < 1.29 is 4.79 Å². The fourth-order valence-corrected chi connectivity index (χ4v) is 1.80. The van der Waals surface area contributed by atoms with Crippen LogP contribution >= 0.6 is 0 Å². The van der Waals surface area contributed by atoms with E-state index in [1.54, 1.807) is 0 Å². The van der Waals surface area contributed by atoms with Gasteiger partial charge in [0.1, 0.15) is 0 Å². The van der Waals surface area contributed by atoms with E-state index in [1.165, 1.54) is 11.1 Å². The standard InChI is InChI=1S/C15H23NO/c1-5-13(6-2)10-16-15(17)14-8-7-11(3)12(4)9-14/h7-9,13H,5-6,10H2,1-4H3,(H,16,17). The fraction of sp³-hybridized carbons (Fsp3) is 0.533. The minimum Gasteiger partial charge on any atom is -0.352 e. The Hall–Kier alpha value is -1.31. The van der Waals surface area contributed by atoms with E-state index < -0.39 is 0 Å². The van der Waals surface area contributed by atoms with Crippen molar-refractivity contribution in [1.82, 2.24) is 5.32 Å². The molecular weight excluding hydrogens is 210 g/mol. The van der Waals surface area contributed by atoms with Crippen molar-refractivity contribution in [2.24, 2.45) is 5.92 Å². The maximum atomic E-state index is 11.9. The highest BCUT2D eigenvalue weighted by Crippen LogP contribution is 2.10. The van der Waals surface area contributed by atoms with Crippen molar-refractivity contribution >= 4 is 5.91 Å². The lowest BCUT2D eigenvalue weighted by Gasteiger charge is -2.13. The molecule has 1 amide bonds. The molecule has 0 saturated heterocycles. The van der Waals surface area contributed by atoms with Crippen LogP contribution in [-0.4, -0.2) is 12.5 Å². The van der Waals surface area contributed by atoms with Gasteiger partial charge in [-0.3, -0.25) is 4.79 Å². The third-order valence-corrected chi connectivity index (χ3v) is 3.48. The summed E-state index contributed by atoms with van der Waals surface area (Å²) < 4.78 is 0. The van der Waals surface area contributed by atoms with Gasteiger partial charge >= 0.3 is 0 Å². The molecule has 1 aromatic rings. The normalized spacial score (nSPS) is 10.6. The molecule has 0 bridgehead atoms. The average Bonchev–Trinajstić information content (AvgIpc) is 2.33. The first-order valence-electron chi connectivity index (χ1n) is 6.43. The predicted molar refractivity (Wildman–Crippen MR) is 72.3 cm³/mol. The molecule has 17 heavy (non-hydrogen) atoms. The van der Waals surface area contributed by atoms with Gasteiger partial charge in [-0.2, -0.15) is 0 Å². The predicted octanol–water partition coefficient (Wildman–Crippen LogP) is 3.47. The van der Waals surface area contributed by atoms with Crippen LogP contribution in [0.1, 0.15) is 48.2 Å². The molecule has 2 heteroatoms. The van der Waals surface area contributed by atoms with E-state index in [0.29, 0.717) is 5.92 Å². The van der Waals surface area contributed by atoms with Crippen molar-refractivity contribution in [3.63, 3.8) is 0 Å². The highest BCUT2D eigenvalue weighted by Gasteiger charge is 2.09. The topological polar surface area (TPSA) is 29.1 Å². The van der Waals surface area contributed by atoms with Crippen LogP contribution in [0.25, 0.3) is 0 Å². The Morgan fingerprint density at radius 1 is 1.18 bits per heavy atom. The number of benzene rings is 1. The van der Waals surface area contributed by atoms with E-state index in [2.05, 4.69) is 26.1 Å². The second-order valence-corrected chi connectivity index (χ2v) is 4.69. The van der Waals surface area contributed by atoms with E-state index in [1.807, 2.05) is 25.1 Å². The molecule has 0 aliphatic carbocycles. The summed E-state index contributed by atoms with van der Waals surface area (Å²) in [6, 6.07) is 5.85. The van der Waals surface area contributed by atoms with Crippen LogP contribution in [-0.2, 0) is 0 Å². The molecule has 0 unspecified atom stereocenters. The Balaban J connectivity index is 2.61. The van der Waals surface area contributed by atoms with Gasteiger partial charge in [-0.15, -0.1) is 0 Å². The summed E-state index contributed by atoms with van der Waals surface area (Å²) >= 11 is 0. The minimum atomic E-state index is 0.0417. The van der Waals surface area contributed by atoms with Crippen molar-refractivity contribution in [2.45, 2.75) is 40.5 Å². The average molecular weight is 233 g/mol. The summed E-state index contributed by atoms with van der Waals surface area (Å²) in [5.74, 6) is 0.630. The number of nitrogens with one attached hydrogen (secondary N) is 1. The zero-order valence-corrected chi connectivity index (χ0v) is 11.3. The Bertz CT molecular complexity index is 381. The second kappa shape index (κ2) is 6.43. The number of rotatable bonds is 5. The Morgan fingerprint density at radius 2 is 1.82 bits per heavy atom. The molecule has 0 aliphatic rings. The van der Waals surface area contributed by atoms with Crippen molar-refractivity contribution in [2.75, 3.05) is 6.54 Å². The first kappa shape index (κ1) is 13.8. The number of hydrogen-bond donors (Lipinski definition) is 1. The molecule has 0 fully saturated rings. The van der Waals surface area contributed by atoms with E-state index in [9.17, 15) is 4.79 Å². The van der Waals surface area contributed by atoms with Crippen LogP contribution in [0.3, 0.4) is 0 Å². The smallest absolute Gasteiger partial charge is 0.251 e. The zero-order chi connectivity index (χ0) is 12.8. The van der Waals surface area contributed by atoms with Gasteiger partial charge in [-0.1, -0.05) is 32.8 Å². The number of aryl methyl sites for hydroxylation is 2. The largest absolute Gasteiger partial charge is 0.352 e. The molecule has 0 radical (unpaired) electrons. The third-order valence-electron chi connectivity index (χ3n) is 3.48. The number of carbonyl (C=O) groups excluding carboxylic acids is 1. The molecule has 2 nitrogen and oxygen atoms in total. The quantitative estimate of drug-likeness (QED) is 0.829. The first-order chi connectivity index (χ1) is 8.08. The van der Waals surface area contributed by atoms with E-state index >= 15 is 0 Å². The van der Waals surface area contributed by atoms with Crippen molar-refractivity contribution in [1.29, 1.82) is 0 Å². The van der Waals surface area contributed by atoms with Gasteiger partial charge < -0.3 is 5.32 Å². The first-order valence-corrected chi connectivity index (χ1v) is 6.43. The van der Waals surface area contributed by atoms with Crippen LogP contribution in [0.2, 0.25) is 0 Å². The summed E-state index contributed by atoms with van der Waals surface area (Å²) in [6.07, 6.45) is 2.23. The van der Waals surface area contributed by atoms with Gasteiger partial charge in [0.2, 0.25) is 0 Å². The molecule has 0 aromatic heterocycles. The molecule has 1 rings (SSSR count). The summed E-state index contributed by atoms with van der Waals surface area (Å²) in [6.45, 7) is 9.19. The lowest BCUT2D eigenvalue weighted by atomic mass is 10.0. The number of hydrogen-bond acceptors (Lipinski definition) is 1.